The molecular formula is C13H15N3O2. The number of nitrogens with zero attached hydrogens (tertiary/aromatic N) is 3. The van der Waals surface area contributed by atoms with E-state index in [1.165, 1.54) is 0 Å². The van der Waals surface area contributed by atoms with Crippen molar-refractivity contribution < 1.29 is 9.53 Å². The molecule has 18 heavy (non-hydrogen) atoms. The number of esters is 1. The third-order valence-electron chi connectivity index (χ3n) is 3.39. The van der Waals surface area contributed by atoms with Crippen LogP contribution in [0.3, 0.4) is 0 Å². The van der Waals surface area contributed by atoms with Crippen LogP contribution in [-0.2, 0) is 15.1 Å². The fraction of sp³-hybridized carbons (Fsp3) is 0.462. The Morgan fingerprint density at radius 3 is 2.78 bits per heavy atom. The molecule has 0 bridgehead atoms. The van der Waals surface area contributed by atoms with E-state index in [1.54, 1.807) is 6.92 Å². The molecule has 1 fully saturated rings. The van der Waals surface area contributed by atoms with Gasteiger partial charge in [0.1, 0.15) is 5.60 Å². The molecule has 0 amide bonds. The van der Waals surface area contributed by atoms with Crippen LogP contribution in [0.2, 0.25) is 0 Å². The molecule has 1 aliphatic rings. The predicted octanol–water partition coefficient (Wildman–Crippen LogP) is 3.31. The van der Waals surface area contributed by atoms with Crippen LogP contribution < -0.4 is 0 Å². The van der Waals surface area contributed by atoms with Gasteiger partial charge in [-0.05, 0) is 23.9 Å². The van der Waals surface area contributed by atoms with E-state index in [4.69, 9.17) is 10.3 Å². The zero-order valence-corrected chi connectivity index (χ0v) is 10.2. The van der Waals surface area contributed by atoms with Crippen LogP contribution in [0, 0.1) is 0 Å². The van der Waals surface area contributed by atoms with E-state index in [0.29, 0.717) is 12.8 Å². The second kappa shape index (κ2) is 5.10. The second-order valence-electron chi connectivity index (χ2n) is 4.46. The Balaban J connectivity index is 2.45. The van der Waals surface area contributed by atoms with Gasteiger partial charge in [-0.15, -0.1) is 0 Å². The van der Waals surface area contributed by atoms with Crippen LogP contribution in [0.4, 0.5) is 0 Å². The minimum absolute atomic E-state index is 0.231. The highest BCUT2D eigenvalue weighted by Gasteiger charge is 2.43. The average molecular weight is 245 g/mol. The first-order chi connectivity index (χ1) is 8.69. The molecular weight excluding hydrogens is 230 g/mol. The number of ether oxygens (including phenoxy) is 1. The van der Waals surface area contributed by atoms with Crippen LogP contribution >= 0.6 is 0 Å². The summed E-state index contributed by atoms with van der Waals surface area (Å²) in [7, 11) is 0. The number of hydrogen-bond acceptors (Lipinski definition) is 3. The van der Waals surface area contributed by atoms with E-state index in [2.05, 4.69) is 10.0 Å². The normalized spacial score (nSPS) is 24.8. The Hall–Kier alpha value is -2.00. The molecule has 0 radical (unpaired) electrons. The molecule has 1 aromatic carbocycles. The van der Waals surface area contributed by atoms with Crippen molar-refractivity contribution in [2.45, 2.75) is 37.8 Å². The maximum Gasteiger partial charge on any atom is 0.306 e. The first-order valence-corrected chi connectivity index (χ1v) is 6.00. The van der Waals surface area contributed by atoms with E-state index in [-0.39, 0.29) is 5.97 Å². The number of carbonyl (C=O) groups excluding carboxylic acids is 1. The minimum Gasteiger partial charge on any atom is -0.454 e. The molecule has 0 saturated carbocycles. The van der Waals surface area contributed by atoms with Crippen molar-refractivity contribution in [3.63, 3.8) is 0 Å². The van der Waals surface area contributed by atoms with Gasteiger partial charge in [-0.3, -0.25) is 4.79 Å². The summed E-state index contributed by atoms with van der Waals surface area (Å²) in [6.45, 7) is 1.78. The number of benzene rings is 1. The number of carbonyl (C=O) groups is 1. The summed E-state index contributed by atoms with van der Waals surface area (Å²) in [4.78, 5) is 14.4. The Kier molecular flexibility index (Phi) is 3.53. The summed E-state index contributed by atoms with van der Waals surface area (Å²) < 4.78 is 5.57. The summed E-state index contributed by atoms with van der Waals surface area (Å²) in [6.07, 6.45) is 1.86. The van der Waals surface area contributed by atoms with E-state index < -0.39 is 11.6 Å². The standard InChI is InChI=1S/C13H15N3O2/c1-10(15-16-14)13(9-5-8-12(17)18-13)11-6-3-2-4-7-11/h2-4,6-7,10H,5,8-9H2,1H3/t10-,13+/m0/s1. The van der Waals surface area contributed by atoms with E-state index in [1.807, 2.05) is 30.3 Å². The van der Waals surface area contributed by atoms with Gasteiger partial charge in [-0.25, -0.2) is 0 Å². The van der Waals surface area contributed by atoms with Crippen molar-refractivity contribution in [1.29, 1.82) is 0 Å². The lowest BCUT2D eigenvalue weighted by molar-refractivity contribution is -0.171. The van der Waals surface area contributed by atoms with Gasteiger partial charge < -0.3 is 4.74 Å². The molecule has 0 spiro atoms. The molecule has 0 aromatic heterocycles. The topological polar surface area (TPSA) is 75.1 Å². The van der Waals surface area contributed by atoms with Crippen molar-refractivity contribution in [2.75, 3.05) is 0 Å². The van der Waals surface area contributed by atoms with Gasteiger partial charge in [0.2, 0.25) is 0 Å². The first-order valence-electron chi connectivity index (χ1n) is 6.00. The number of cyclic esters (lactones) is 1. The fourth-order valence-electron chi connectivity index (χ4n) is 2.43. The summed E-state index contributed by atoms with van der Waals surface area (Å²) in [5.74, 6) is -0.231. The van der Waals surface area contributed by atoms with Gasteiger partial charge in [0.05, 0.1) is 6.04 Å². The second-order valence-corrected chi connectivity index (χ2v) is 4.46. The molecule has 0 N–H and O–H groups in total. The van der Waals surface area contributed by atoms with Gasteiger partial charge in [-0.2, -0.15) is 0 Å². The molecule has 1 aromatic rings. The zero-order chi connectivity index (χ0) is 13.0. The summed E-state index contributed by atoms with van der Waals surface area (Å²) >= 11 is 0. The summed E-state index contributed by atoms with van der Waals surface area (Å²) in [5.41, 5.74) is 8.68. The number of rotatable bonds is 3. The van der Waals surface area contributed by atoms with Crippen LogP contribution in [0.1, 0.15) is 31.7 Å². The third-order valence-corrected chi connectivity index (χ3v) is 3.39. The quantitative estimate of drug-likeness (QED) is 0.354. The molecule has 1 aliphatic heterocycles. The Labute approximate surface area is 105 Å². The minimum atomic E-state index is -0.817. The van der Waals surface area contributed by atoms with Gasteiger partial charge in [0.15, 0.2) is 0 Å². The molecule has 2 atom stereocenters. The Morgan fingerprint density at radius 2 is 2.17 bits per heavy atom. The largest absolute Gasteiger partial charge is 0.454 e. The molecule has 0 aliphatic carbocycles. The SMILES string of the molecule is C[C@H](N=[N+]=[N-])[C@@]1(c2ccccc2)CCCC(=O)O1. The summed E-state index contributed by atoms with van der Waals surface area (Å²) in [5, 5.41) is 3.73. The number of hydrogen-bond donors (Lipinski definition) is 0. The first kappa shape index (κ1) is 12.5. The molecule has 0 unspecified atom stereocenters. The van der Waals surface area contributed by atoms with E-state index >= 15 is 0 Å². The van der Waals surface area contributed by atoms with E-state index in [0.717, 1.165) is 12.0 Å². The summed E-state index contributed by atoms with van der Waals surface area (Å²) in [6, 6.07) is 9.07. The van der Waals surface area contributed by atoms with Crippen LogP contribution in [0.25, 0.3) is 10.4 Å². The van der Waals surface area contributed by atoms with Gasteiger partial charge >= 0.3 is 5.97 Å². The zero-order valence-electron chi connectivity index (χ0n) is 10.2. The highest BCUT2D eigenvalue weighted by atomic mass is 16.6. The lowest BCUT2D eigenvalue weighted by Crippen LogP contribution is -2.43. The van der Waals surface area contributed by atoms with Crippen LogP contribution in [-0.4, -0.2) is 12.0 Å². The van der Waals surface area contributed by atoms with Crippen LogP contribution in [0.15, 0.2) is 35.4 Å². The number of azide groups is 1. The van der Waals surface area contributed by atoms with E-state index in [9.17, 15) is 4.79 Å². The van der Waals surface area contributed by atoms with Gasteiger partial charge in [0, 0.05) is 11.3 Å². The van der Waals surface area contributed by atoms with Crippen molar-refractivity contribution in [3.05, 3.63) is 46.3 Å². The van der Waals surface area contributed by atoms with Crippen LogP contribution in [0.5, 0.6) is 0 Å². The van der Waals surface area contributed by atoms with Crippen molar-refractivity contribution >= 4 is 5.97 Å². The lowest BCUT2D eigenvalue weighted by atomic mass is 9.81. The molecule has 2 rings (SSSR count). The van der Waals surface area contributed by atoms with Crippen molar-refractivity contribution in [2.24, 2.45) is 5.11 Å². The maximum atomic E-state index is 11.6. The average Bonchev–Trinajstić information content (AvgIpc) is 2.40. The monoisotopic (exact) mass is 245 g/mol. The predicted molar refractivity (Wildman–Crippen MR) is 66.7 cm³/mol. The smallest absolute Gasteiger partial charge is 0.306 e. The third kappa shape index (κ3) is 2.17. The maximum absolute atomic E-state index is 11.6. The molecule has 1 heterocycles. The van der Waals surface area contributed by atoms with Gasteiger partial charge in [-0.1, -0.05) is 42.4 Å². The van der Waals surface area contributed by atoms with Crippen molar-refractivity contribution in [3.8, 4) is 0 Å². The molecule has 5 nitrogen and oxygen atoms in total. The fourth-order valence-corrected chi connectivity index (χ4v) is 2.43. The Bertz CT molecular complexity index is 482. The lowest BCUT2D eigenvalue weighted by Gasteiger charge is -2.40. The molecule has 94 valence electrons. The molecule has 1 saturated heterocycles. The van der Waals surface area contributed by atoms with Crippen molar-refractivity contribution in [1.82, 2.24) is 0 Å². The highest BCUT2D eigenvalue weighted by Crippen LogP contribution is 2.40. The van der Waals surface area contributed by atoms with Gasteiger partial charge in [0.25, 0.3) is 0 Å². The Morgan fingerprint density at radius 1 is 1.44 bits per heavy atom. The molecule has 5 heteroatoms. The highest BCUT2D eigenvalue weighted by molar-refractivity contribution is 5.71.